The molecule has 1 aliphatic rings. The highest BCUT2D eigenvalue weighted by Gasteiger charge is 2.48. The van der Waals surface area contributed by atoms with Gasteiger partial charge in [-0.05, 0) is 53.3 Å². The van der Waals surface area contributed by atoms with Gasteiger partial charge in [0.2, 0.25) is 11.1 Å². The quantitative estimate of drug-likeness (QED) is 0.323. The Labute approximate surface area is 224 Å². The van der Waals surface area contributed by atoms with Crippen LogP contribution in [-0.4, -0.2) is 54.8 Å². The van der Waals surface area contributed by atoms with Crippen LogP contribution in [0.1, 0.15) is 36.7 Å². The fourth-order valence-corrected chi connectivity index (χ4v) is 6.56. The van der Waals surface area contributed by atoms with Crippen LogP contribution in [0.2, 0.25) is 5.02 Å². The molecule has 3 atom stereocenters. The van der Waals surface area contributed by atoms with Crippen molar-refractivity contribution in [2.45, 2.75) is 43.9 Å². The Bertz CT molecular complexity index is 1600. The minimum absolute atomic E-state index is 0.118. The highest BCUT2D eigenvalue weighted by molar-refractivity contribution is 7.89. The molecule has 0 radical (unpaired) electrons. The molecule has 2 aromatic carbocycles. The van der Waals surface area contributed by atoms with Crippen LogP contribution in [0.3, 0.4) is 0 Å². The molecule has 0 fully saturated rings. The zero-order chi connectivity index (χ0) is 27.7. The van der Waals surface area contributed by atoms with Gasteiger partial charge in [-0.1, -0.05) is 48.9 Å². The van der Waals surface area contributed by atoms with Gasteiger partial charge in [0.05, 0.1) is 17.9 Å². The van der Waals surface area contributed by atoms with Crippen LogP contribution in [0.5, 0.6) is 0 Å². The molecule has 3 aromatic rings. The fraction of sp³-hybridized carbons (Fsp3) is 0.381. The topological polar surface area (TPSA) is 180 Å². The number of tetrazole rings is 1. The van der Waals surface area contributed by atoms with Gasteiger partial charge in [0.1, 0.15) is 6.10 Å². The van der Waals surface area contributed by atoms with E-state index in [9.17, 15) is 16.8 Å². The molecule has 14 nitrogen and oxygen atoms in total. The number of nitrogens with zero attached hydrogens (tertiary/aromatic N) is 8. The highest BCUT2D eigenvalue weighted by atomic mass is 35.5. The lowest BCUT2D eigenvalue weighted by Crippen LogP contribution is -2.41. The van der Waals surface area contributed by atoms with Crippen molar-refractivity contribution >= 4 is 31.8 Å². The minimum atomic E-state index is -4.80. The Morgan fingerprint density at radius 1 is 0.974 bits per heavy atom. The van der Waals surface area contributed by atoms with Crippen LogP contribution in [0.15, 0.2) is 69.2 Å². The number of aromatic nitrogens is 4. The van der Waals surface area contributed by atoms with Gasteiger partial charge in [-0.2, -0.15) is 16.8 Å². The van der Waals surface area contributed by atoms with Crippen molar-refractivity contribution in [1.82, 2.24) is 20.2 Å². The van der Waals surface area contributed by atoms with E-state index >= 15 is 0 Å². The Hall–Kier alpha value is -3.18. The molecule has 38 heavy (non-hydrogen) atoms. The summed E-state index contributed by atoms with van der Waals surface area (Å²) in [5, 5.41) is 27.7. The van der Waals surface area contributed by atoms with Gasteiger partial charge in [0, 0.05) is 10.6 Å². The number of hydrogen-bond acceptors (Lipinski definition) is 13. The zero-order valence-electron chi connectivity index (χ0n) is 20.6. The summed E-state index contributed by atoms with van der Waals surface area (Å²) in [7, 11) is -9.09. The van der Waals surface area contributed by atoms with Gasteiger partial charge in [-0.3, -0.25) is 4.18 Å². The van der Waals surface area contributed by atoms with Crippen molar-refractivity contribution < 1.29 is 25.2 Å². The van der Waals surface area contributed by atoms with E-state index in [2.05, 4.69) is 36.1 Å². The first-order valence-corrected chi connectivity index (χ1v) is 14.8. The van der Waals surface area contributed by atoms with Crippen molar-refractivity contribution in [3.63, 3.8) is 0 Å². The molecule has 0 N–H and O–H groups in total. The Morgan fingerprint density at radius 3 is 2.29 bits per heavy atom. The molecular weight excluding hydrogens is 560 g/mol. The summed E-state index contributed by atoms with van der Waals surface area (Å²) in [6.07, 6.45) is -0.576. The van der Waals surface area contributed by atoms with E-state index in [0.717, 1.165) is 16.6 Å². The normalized spacial score (nSPS) is 17.4. The predicted molar refractivity (Wildman–Crippen MR) is 134 cm³/mol. The lowest BCUT2D eigenvalue weighted by molar-refractivity contribution is 0.119. The van der Waals surface area contributed by atoms with Gasteiger partial charge in [-0.25, -0.2) is 4.18 Å². The second-order valence-corrected chi connectivity index (χ2v) is 12.2. The Morgan fingerprint density at radius 2 is 1.66 bits per heavy atom. The van der Waals surface area contributed by atoms with E-state index in [-0.39, 0.29) is 5.82 Å². The number of halogens is 1. The maximum absolute atomic E-state index is 13.5. The predicted octanol–water partition coefficient (Wildman–Crippen LogP) is 3.45. The zero-order valence-corrected chi connectivity index (χ0v) is 23.0. The first-order valence-electron chi connectivity index (χ1n) is 11.1. The summed E-state index contributed by atoms with van der Waals surface area (Å²) in [6, 6.07) is 13.5. The summed E-state index contributed by atoms with van der Waals surface area (Å²) in [5.41, 5.74) is -1.99. The molecule has 0 saturated carbocycles. The number of rotatable bonds is 10. The maximum atomic E-state index is 13.5. The molecule has 1 aliphatic heterocycles. The monoisotopic (exact) mass is 582 g/mol. The Balaban J connectivity index is 1.67. The molecule has 0 spiro atoms. The van der Waals surface area contributed by atoms with Gasteiger partial charge in [0.25, 0.3) is 20.2 Å². The largest absolute Gasteiger partial charge is 0.297 e. The number of hydrogen-bond donors (Lipinski definition) is 0. The molecule has 4 rings (SSSR count). The van der Waals surface area contributed by atoms with Crippen LogP contribution < -0.4 is 0 Å². The SMILES string of the molecule is Cc1ccccc1C1(C(C)OS(=O)(=O)C(OS(C)(=O)=O)C(C)c2nnn(-c3cccc(Cl)c3)n2)N=NN=N1. The van der Waals surface area contributed by atoms with Crippen LogP contribution in [0.4, 0.5) is 0 Å². The fourth-order valence-electron chi connectivity index (χ4n) is 3.79. The standard InChI is InChI=1S/C21H23ClN8O6S2/c1-13-8-5-6-11-18(13)21(25-27-28-26-21)15(3)35-38(33,34)20(36-37(4,31)32)14(2)19-23-29-30(24-19)17-10-7-9-16(22)12-17/h5-12,14-15,20H,1-4H3. The van der Waals surface area contributed by atoms with Gasteiger partial charge in [-0.15, -0.1) is 25.2 Å². The molecule has 1 aromatic heterocycles. The van der Waals surface area contributed by atoms with Crippen molar-refractivity contribution in [2.24, 2.45) is 20.7 Å². The van der Waals surface area contributed by atoms with E-state index in [1.165, 1.54) is 13.8 Å². The average molecular weight is 583 g/mol. The summed E-state index contributed by atoms with van der Waals surface area (Å²) in [5.74, 6) is -1.36. The lowest BCUT2D eigenvalue weighted by atomic mass is 9.92. The molecule has 0 aliphatic carbocycles. The molecule has 17 heteroatoms. The molecule has 0 bridgehead atoms. The van der Waals surface area contributed by atoms with Gasteiger partial charge < -0.3 is 0 Å². The van der Waals surface area contributed by atoms with Crippen LogP contribution >= 0.6 is 11.6 Å². The Kier molecular flexibility index (Phi) is 7.72. The maximum Gasteiger partial charge on any atom is 0.297 e. The van der Waals surface area contributed by atoms with Crippen LogP contribution in [0.25, 0.3) is 5.69 Å². The summed E-state index contributed by atoms with van der Waals surface area (Å²) < 4.78 is 61.6. The summed E-state index contributed by atoms with van der Waals surface area (Å²) >= 11 is 6.01. The van der Waals surface area contributed by atoms with E-state index in [4.69, 9.17) is 20.0 Å². The van der Waals surface area contributed by atoms with Gasteiger partial charge >= 0.3 is 0 Å². The van der Waals surface area contributed by atoms with Crippen molar-refractivity contribution in [2.75, 3.05) is 6.26 Å². The van der Waals surface area contributed by atoms with E-state index in [1.807, 2.05) is 0 Å². The summed E-state index contributed by atoms with van der Waals surface area (Å²) in [4.78, 5) is 1.12. The third kappa shape index (κ3) is 5.78. The summed E-state index contributed by atoms with van der Waals surface area (Å²) in [6.45, 7) is 4.56. The van der Waals surface area contributed by atoms with Crippen LogP contribution in [0, 0.1) is 6.92 Å². The van der Waals surface area contributed by atoms with E-state index < -0.39 is 43.4 Å². The second-order valence-electron chi connectivity index (χ2n) is 8.53. The third-order valence-corrected chi connectivity index (χ3v) is 8.20. The van der Waals surface area contributed by atoms with Crippen molar-refractivity contribution in [1.29, 1.82) is 0 Å². The second kappa shape index (κ2) is 10.5. The third-order valence-electron chi connectivity index (χ3n) is 5.66. The minimum Gasteiger partial charge on any atom is -0.260 e. The molecule has 0 saturated heterocycles. The average Bonchev–Trinajstić information content (AvgIpc) is 3.53. The molecule has 3 unspecified atom stereocenters. The first-order chi connectivity index (χ1) is 17.8. The molecule has 0 amide bonds. The smallest absolute Gasteiger partial charge is 0.260 e. The first kappa shape index (κ1) is 27.8. The van der Waals surface area contributed by atoms with Crippen molar-refractivity contribution in [3.05, 3.63) is 70.5 Å². The van der Waals surface area contributed by atoms with Crippen LogP contribution in [-0.2, 0) is 34.3 Å². The number of aryl methyl sites for hydroxylation is 1. The van der Waals surface area contributed by atoms with E-state index in [1.54, 1.807) is 55.5 Å². The highest BCUT2D eigenvalue weighted by Crippen LogP contribution is 2.40. The molecule has 2 heterocycles. The molecule has 202 valence electrons. The van der Waals surface area contributed by atoms with E-state index in [0.29, 0.717) is 16.3 Å². The number of benzene rings is 2. The van der Waals surface area contributed by atoms with Gasteiger partial charge in [0.15, 0.2) is 5.82 Å². The lowest BCUT2D eigenvalue weighted by Gasteiger charge is -2.30. The molecular formula is C21H23ClN8O6S2. The van der Waals surface area contributed by atoms with Crippen molar-refractivity contribution in [3.8, 4) is 5.69 Å².